The first-order chi connectivity index (χ1) is 12.5. The van der Waals surface area contributed by atoms with Crippen LogP contribution in [0.2, 0.25) is 0 Å². The van der Waals surface area contributed by atoms with E-state index in [9.17, 15) is 4.79 Å². The van der Waals surface area contributed by atoms with Crippen LogP contribution in [0.25, 0.3) is 0 Å². The van der Waals surface area contributed by atoms with Gasteiger partial charge in [0.15, 0.2) is 5.96 Å². The van der Waals surface area contributed by atoms with Crippen molar-refractivity contribution in [3.05, 3.63) is 65.2 Å². The van der Waals surface area contributed by atoms with E-state index in [0.717, 1.165) is 30.4 Å². The monoisotopic (exact) mass is 354 g/mol. The Morgan fingerprint density at radius 1 is 1.12 bits per heavy atom. The fraction of sp³-hybridized carbons (Fsp3) is 0.300. The second kappa shape index (κ2) is 9.46. The zero-order valence-electron chi connectivity index (χ0n) is 15.5. The second-order valence-electron chi connectivity index (χ2n) is 5.94. The summed E-state index contributed by atoms with van der Waals surface area (Å²) >= 11 is 0. The molecule has 0 radical (unpaired) electrons. The van der Waals surface area contributed by atoms with Gasteiger partial charge in [-0.1, -0.05) is 24.3 Å². The number of aliphatic imine (C=N–C) groups is 1. The lowest BCUT2D eigenvalue weighted by Gasteiger charge is -2.22. The highest BCUT2D eigenvalue weighted by Gasteiger charge is 2.07. The van der Waals surface area contributed by atoms with Crippen LogP contribution >= 0.6 is 0 Å². The Bertz CT molecular complexity index is 739. The number of amides is 1. The van der Waals surface area contributed by atoms with E-state index in [1.165, 1.54) is 5.56 Å². The molecule has 1 amide bonds. The number of methoxy groups -OCH3 is 1. The Kier molecular flexibility index (Phi) is 7.02. The van der Waals surface area contributed by atoms with Crippen molar-refractivity contribution in [2.75, 3.05) is 20.7 Å². The minimum Gasteiger partial charge on any atom is -0.497 e. The van der Waals surface area contributed by atoms with Crippen molar-refractivity contribution in [1.29, 1.82) is 0 Å². The topological polar surface area (TPSA) is 79.9 Å². The maximum Gasteiger partial charge on any atom is 0.248 e. The van der Waals surface area contributed by atoms with Crippen LogP contribution in [-0.2, 0) is 13.1 Å². The molecule has 2 aromatic rings. The third-order valence-corrected chi connectivity index (χ3v) is 3.93. The molecule has 2 aromatic carbocycles. The van der Waals surface area contributed by atoms with Gasteiger partial charge in [-0.15, -0.1) is 0 Å². The van der Waals surface area contributed by atoms with E-state index in [2.05, 4.69) is 15.2 Å². The molecule has 6 nitrogen and oxygen atoms in total. The van der Waals surface area contributed by atoms with Gasteiger partial charge >= 0.3 is 0 Å². The predicted octanol–water partition coefficient (Wildman–Crippen LogP) is 2.39. The molecule has 0 bridgehead atoms. The summed E-state index contributed by atoms with van der Waals surface area (Å²) in [4.78, 5) is 17.9. The first kappa shape index (κ1) is 19.3. The first-order valence-corrected chi connectivity index (χ1v) is 8.54. The van der Waals surface area contributed by atoms with Crippen LogP contribution in [0, 0.1) is 0 Å². The van der Waals surface area contributed by atoms with Gasteiger partial charge in [-0.3, -0.25) is 4.79 Å². The minimum absolute atomic E-state index is 0.424. The summed E-state index contributed by atoms with van der Waals surface area (Å²) < 4.78 is 5.19. The molecule has 0 heterocycles. The van der Waals surface area contributed by atoms with Crippen LogP contribution in [0.15, 0.2) is 53.5 Å². The predicted molar refractivity (Wildman–Crippen MR) is 104 cm³/mol. The summed E-state index contributed by atoms with van der Waals surface area (Å²) in [6, 6.07) is 15.2. The van der Waals surface area contributed by atoms with E-state index in [1.807, 2.05) is 50.4 Å². The lowest BCUT2D eigenvalue weighted by atomic mass is 10.1. The van der Waals surface area contributed by atoms with Crippen molar-refractivity contribution in [1.82, 2.24) is 10.2 Å². The molecule has 0 atom stereocenters. The van der Waals surface area contributed by atoms with E-state index in [1.54, 1.807) is 19.2 Å². The molecule has 6 heteroatoms. The van der Waals surface area contributed by atoms with Crippen LogP contribution in [0.1, 0.15) is 28.4 Å². The molecule has 0 aliphatic rings. The number of rotatable bonds is 7. The van der Waals surface area contributed by atoms with E-state index < -0.39 is 5.91 Å². The van der Waals surface area contributed by atoms with Gasteiger partial charge in [0.2, 0.25) is 5.91 Å². The summed E-state index contributed by atoms with van der Waals surface area (Å²) in [7, 11) is 3.66. The zero-order valence-corrected chi connectivity index (χ0v) is 15.5. The number of hydrogen-bond acceptors (Lipinski definition) is 3. The molecule has 2 rings (SSSR count). The van der Waals surface area contributed by atoms with Gasteiger partial charge in [0.25, 0.3) is 0 Å². The molecular formula is C20H26N4O2. The van der Waals surface area contributed by atoms with Crippen molar-refractivity contribution in [3.63, 3.8) is 0 Å². The lowest BCUT2D eigenvalue weighted by Crippen LogP contribution is -2.38. The number of carbonyl (C=O) groups excluding carboxylic acids is 1. The van der Waals surface area contributed by atoms with Crippen molar-refractivity contribution in [2.45, 2.75) is 20.0 Å². The Morgan fingerprint density at radius 3 is 2.27 bits per heavy atom. The number of guanidine groups is 1. The lowest BCUT2D eigenvalue weighted by molar-refractivity contribution is 0.100. The van der Waals surface area contributed by atoms with Gasteiger partial charge in [-0.05, 0) is 42.3 Å². The van der Waals surface area contributed by atoms with Gasteiger partial charge in [0.05, 0.1) is 13.7 Å². The minimum atomic E-state index is -0.424. The number of primary amides is 1. The molecule has 0 spiro atoms. The smallest absolute Gasteiger partial charge is 0.248 e. The summed E-state index contributed by atoms with van der Waals surface area (Å²) in [6.07, 6.45) is 0. The number of ether oxygens (including phenoxy) is 1. The summed E-state index contributed by atoms with van der Waals surface area (Å²) in [5, 5.41) is 3.30. The largest absolute Gasteiger partial charge is 0.497 e. The van der Waals surface area contributed by atoms with Gasteiger partial charge in [0.1, 0.15) is 5.75 Å². The third kappa shape index (κ3) is 5.51. The zero-order chi connectivity index (χ0) is 18.9. The van der Waals surface area contributed by atoms with E-state index in [4.69, 9.17) is 10.5 Å². The Morgan fingerprint density at radius 2 is 1.73 bits per heavy atom. The van der Waals surface area contributed by atoms with Crippen molar-refractivity contribution in [3.8, 4) is 5.75 Å². The molecule has 3 N–H and O–H groups in total. The van der Waals surface area contributed by atoms with Crippen molar-refractivity contribution < 1.29 is 9.53 Å². The van der Waals surface area contributed by atoms with Gasteiger partial charge < -0.3 is 20.7 Å². The van der Waals surface area contributed by atoms with E-state index >= 15 is 0 Å². The number of hydrogen-bond donors (Lipinski definition) is 2. The molecule has 0 saturated carbocycles. The number of nitrogens with zero attached hydrogens (tertiary/aromatic N) is 2. The Labute approximate surface area is 154 Å². The number of nitrogens with two attached hydrogens (primary N) is 1. The molecule has 0 unspecified atom stereocenters. The van der Waals surface area contributed by atoms with Crippen LogP contribution in [0.4, 0.5) is 0 Å². The van der Waals surface area contributed by atoms with Gasteiger partial charge in [0, 0.05) is 25.7 Å². The molecule has 0 aliphatic heterocycles. The summed E-state index contributed by atoms with van der Waals surface area (Å²) in [5.41, 5.74) is 7.95. The number of carbonyl (C=O) groups is 1. The average molecular weight is 354 g/mol. The molecule has 0 saturated heterocycles. The fourth-order valence-electron chi connectivity index (χ4n) is 2.49. The molecular weight excluding hydrogens is 328 g/mol. The summed E-state index contributed by atoms with van der Waals surface area (Å²) in [6.45, 7) is 4.08. The summed E-state index contributed by atoms with van der Waals surface area (Å²) in [5.74, 6) is 1.24. The third-order valence-electron chi connectivity index (χ3n) is 3.93. The highest BCUT2D eigenvalue weighted by Crippen LogP contribution is 2.13. The molecule has 0 aliphatic carbocycles. The Hall–Kier alpha value is -3.02. The standard InChI is InChI=1S/C20H26N4O2/c1-4-22-20(23-13-15-5-9-17(10-6-15)19(21)25)24(2)14-16-7-11-18(26-3)12-8-16/h5-12H,4,13-14H2,1-3H3,(H2,21,25)(H,22,23). The van der Waals surface area contributed by atoms with Crippen LogP contribution < -0.4 is 15.8 Å². The normalized spacial score (nSPS) is 11.1. The highest BCUT2D eigenvalue weighted by molar-refractivity contribution is 5.92. The maximum absolute atomic E-state index is 11.1. The SMILES string of the molecule is CCNC(=NCc1ccc(C(N)=O)cc1)N(C)Cc1ccc(OC)cc1. The number of nitrogens with one attached hydrogen (secondary N) is 1. The number of benzene rings is 2. The van der Waals surface area contributed by atoms with Crippen molar-refractivity contribution >= 4 is 11.9 Å². The van der Waals surface area contributed by atoms with Crippen LogP contribution in [0.3, 0.4) is 0 Å². The molecule has 138 valence electrons. The average Bonchev–Trinajstić information content (AvgIpc) is 2.66. The van der Waals surface area contributed by atoms with E-state index in [0.29, 0.717) is 12.1 Å². The highest BCUT2D eigenvalue weighted by atomic mass is 16.5. The van der Waals surface area contributed by atoms with Crippen LogP contribution in [0.5, 0.6) is 5.75 Å². The fourth-order valence-corrected chi connectivity index (χ4v) is 2.49. The first-order valence-electron chi connectivity index (χ1n) is 8.54. The molecule has 0 fully saturated rings. The Balaban J connectivity index is 2.05. The van der Waals surface area contributed by atoms with E-state index in [-0.39, 0.29) is 0 Å². The quantitative estimate of drug-likeness (QED) is 0.591. The van der Waals surface area contributed by atoms with Crippen LogP contribution in [-0.4, -0.2) is 37.5 Å². The maximum atomic E-state index is 11.1. The van der Waals surface area contributed by atoms with Gasteiger partial charge in [-0.2, -0.15) is 0 Å². The van der Waals surface area contributed by atoms with Crippen molar-refractivity contribution in [2.24, 2.45) is 10.7 Å². The molecule has 26 heavy (non-hydrogen) atoms. The van der Waals surface area contributed by atoms with Gasteiger partial charge in [-0.25, -0.2) is 4.99 Å². The molecule has 0 aromatic heterocycles. The second-order valence-corrected chi connectivity index (χ2v) is 5.94.